The van der Waals surface area contributed by atoms with Gasteiger partial charge < -0.3 is 15.2 Å². The summed E-state index contributed by atoms with van der Waals surface area (Å²) in [5.41, 5.74) is 5.84. The van der Waals surface area contributed by atoms with Crippen LogP contribution < -0.4 is 20.1 Å². The van der Waals surface area contributed by atoms with Crippen molar-refractivity contribution in [2.75, 3.05) is 18.1 Å². The van der Waals surface area contributed by atoms with Gasteiger partial charge in [0.15, 0.2) is 17.6 Å². The summed E-state index contributed by atoms with van der Waals surface area (Å²) in [7, 11) is 0. The minimum atomic E-state index is -0.766. The van der Waals surface area contributed by atoms with Gasteiger partial charge in [0.25, 0.3) is 5.91 Å². The van der Waals surface area contributed by atoms with Crippen LogP contribution in [0.15, 0.2) is 12.1 Å². The summed E-state index contributed by atoms with van der Waals surface area (Å²) in [6.45, 7) is 3.68. The fraction of sp³-hybridized carbons (Fsp3) is 0.400. The Bertz CT molecular complexity index is 614. The lowest BCUT2D eigenvalue weighted by Gasteiger charge is -2.33. The number of carbonyl (C=O) groups is 3. The number of fused-ring (bicyclic) bond motifs is 1. The molecule has 1 aromatic rings. The first-order valence-electron chi connectivity index (χ1n) is 7.00. The molecule has 118 valence electrons. The molecule has 1 heterocycles. The van der Waals surface area contributed by atoms with Crippen molar-refractivity contribution in [1.29, 1.82) is 0 Å². The monoisotopic (exact) mass is 306 g/mol. The van der Waals surface area contributed by atoms with Crippen LogP contribution in [-0.2, 0) is 9.59 Å². The summed E-state index contributed by atoms with van der Waals surface area (Å²) < 4.78 is 11.2. The molecule has 0 saturated heterocycles. The molecule has 2 N–H and O–H groups in total. The van der Waals surface area contributed by atoms with Gasteiger partial charge in [-0.3, -0.25) is 19.3 Å². The SMILES string of the molecule is CCCOc1cc(C=O)cc2c1OC(C)C(=O)N2CC(N)=O. The molecule has 1 aliphatic heterocycles. The molecule has 1 unspecified atom stereocenters. The third-order valence-electron chi connectivity index (χ3n) is 3.17. The lowest BCUT2D eigenvalue weighted by atomic mass is 10.1. The number of nitrogens with zero attached hydrogens (tertiary/aromatic N) is 1. The van der Waals surface area contributed by atoms with E-state index >= 15 is 0 Å². The second-order valence-electron chi connectivity index (χ2n) is 4.98. The second-order valence-corrected chi connectivity index (χ2v) is 4.98. The molecule has 1 aromatic carbocycles. The number of primary amides is 1. The number of ether oxygens (including phenoxy) is 2. The number of nitrogens with two attached hydrogens (primary N) is 1. The topological polar surface area (TPSA) is 98.9 Å². The van der Waals surface area contributed by atoms with Crippen LogP contribution in [0.5, 0.6) is 11.5 Å². The lowest BCUT2D eigenvalue weighted by molar-refractivity contribution is -0.127. The highest BCUT2D eigenvalue weighted by atomic mass is 16.5. The number of rotatable bonds is 6. The quantitative estimate of drug-likeness (QED) is 0.787. The van der Waals surface area contributed by atoms with Gasteiger partial charge in [0.2, 0.25) is 5.91 Å². The predicted octanol–water partition coefficient (Wildman–Crippen LogP) is 0.887. The number of benzene rings is 1. The highest BCUT2D eigenvalue weighted by Gasteiger charge is 2.34. The van der Waals surface area contributed by atoms with Crippen LogP contribution >= 0.6 is 0 Å². The molecular formula is C15H18N2O5. The average molecular weight is 306 g/mol. The van der Waals surface area contributed by atoms with Gasteiger partial charge in [0, 0.05) is 5.56 Å². The third kappa shape index (κ3) is 3.03. The van der Waals surface area contributed by atoms with E-state index in [0.717, 1.165) is 6.42 Å². The van der Waals surface area contributed by atoms with Crippen molar-refractivity contribution in [3.63, 3.8) is 0 Å². The van der Waals surface area contributed by atoms with Crippen molar-refractivity contribution in [2.24, 2.45) is 5.73 Å². The number of anilines is 1. The Morgan fingerprint density at radius 2 is 2.23 bits per heavy atom. The van der Waals surface area contributed by atoms with E-state index in [4.69, 9.17) is 15.2 Å². The number of hydrogen-bond acceptors (Lipinski definition) is 5. The Kier molecular flexibility index (Phi) is 4.65. The zero-order valence-electron chi connectivity index (χ0n) is 12.5. The molecule has 7 heteroatoms. The Morgan fingerprint density at radius 1 is 1.50 bits per heavy atom. The van der Waals surface area contributed by atoms with Gasteiger partial charge in [0.1, 0.15) is 12.8 Å². The molecule has 0 bridgehead atoms. The standard InChI is InChI=1S/C15H18N2O5/c1-3-4-21-12-6-10(8-18)5-11-14(12)22-9(2)15(20)17(11)7-13(16)19/h5-6,8-9H,3-4,7H2,1-2H3,(H2,16,19). The fourth-order valence-corrected chi connectivity index (χ4v) is 2.20. The zero-order chi connectivity index (χ0) is 16.3. The van der Waals surface area contributed by atoms with E-state index in [9.17, 15) is 14.4 Å². The summed E-state index contributed by atoms with van der Waals surface area (Å²) in [6.07, 6.45) is 0.654. The maximum atomic E-state index is 12.2. The van der Waals surface area contributed by atoms with Gasteiger partial charge in [-0.1, -0.05) is 6.92 Å². The molecule has 1 aliphatic rings. The van der Waals surface area contributed by atoms with Gasteiger partial charge in [-0.25, -0.2) is 0 Å². The molecule has 22 heavy (non-hydrogen) atoms. The molecular weight excluding hydrogens is 288 g/mol. The molecule has 0 aliphatic carbocycles. The van der Waals surface area contributed by atoms with Gasteiger partial charge in [-0.2, -0.15) is 0 Å². The number of carbonyl (C=O) groups excluding carboxylic acids is 3. The molecule has 1 atom stereocenters. The van der Waals surface area contributed by atoms with Crippen LogP contribution in [-0.4, -0.2) is 37.4 Å². The maximum absolute atomic E-state index is 12.2. The van der Waals surface area contributed by atoms with E-state index in [1.165, 1.54) is 11.0 Å². The van der Waals surface area contributed by atoms with E-state index in [1.54, 1.807) is 13.0 Å². The van der Waals surface area contributed by atoms with Crippen molar-refractivity contribution >= 4 is 23.8 Å². The molecule has 0 saturated carbocycles. The normalized spacial score (nSPS) is 16.7. The average Bonchev–Trinajstić information content (AvgIpc) is 2.49. The number of amides is 2. The van der Waals surface area contributed by atoms with E-state index < -0.39 is 17.9 Å². The molecule has 7 nitrogen and oxygen atoms in total. The minimum Gasteiger partial charge on any atom is -0.490 e. The molecule has 0 fully saturated rings. The molecule has 0 radical (unpaired) electrons. The zero-order valence-corrected chi connectivity index (χ0v) is 12.5. The van der Waals surface area contributed by atoms with Crippen molar-refractivity contribution in [3.05, 3.63) is 17.7 Å². The fourth-order valence-electron chi connectivity index (χ4n) is 2.20. The van der Waals surface area contributed by atoms with Crippen LogP contribution in [0.25, 0.3) is 0 Å². The first-order valence-corrected chi connectivity index (χ1v) is 7.00. The van der Waals surface area contributed by atoms with Crippen LogP contribution in [0.3, 0.4) is 0 Å². The third-order valence-corrected chi connectivity index (χ3v) is 3.17. The lowest BCUT2D eigenvalue weighted by Crippen LogP contribution is -2.48. The van der Waals surface area contributed by atoms with Crippen LogP contribution in [0.4, 0.5) is 5.69 Å². The molecule has 0 aromatic heterocycles. The van der Waals surface area contributed by atoms with E-state index in [0.29, 0.717) is 35.6 Å². The van der Waals surface area contributed by atoms with E-state index in [1.807, 2.05) is 6.92 Å². The van der Waals surface area contributed by atoms with E-state index in [2.05, 4.69) is 0 Å². The van der Waals surface area contributed by atoms with Gasteiger partial charge in [0.05, 0.1) is 12.3 Å². The summed E-state index contributed by atoms with van der Waals surface area (Å²) in [6, 6.07) is 3.03. The van der Waals surface area contributed by atoms with E-state index in [-0.39, 0.29) is 6.54 Å². The Balaban J connectivity index is 2.54. The van der Waals surface area contributed by atoms with Gasteiger partial charge >= 0.3 is 0 Å². The Labute approximate surface area is 128 Å². The summed E-state index contributed by atoms with van der Waals surface area (Å²) in [4.78, 5) is 35.8. The maximum Gasteiger partial charge on any atom is 0.268 e. The Morgan fingerprint density at radius 3 is 2.82 bits per heavy atom. The smallest absolute Gasteiger partial charge is 0.268 e. The molecule has 0 spiro atoms. The van der Waals surface area contributed by atoms with Crippen molar-refractivity contribution in [1.82, 2.24) is 0 Å². The van der Waals surface area contributed by atoms with Crippen molar-refractivity contribution in [3.8, 4) is 11.5 Å². The summed E-state index contributed by atoms with van der Waals surface area (Å²) in [5.74, 6) is -0.334. The van der Waals surface area contributed by atoms with Crippen LogP contribution in [0, 0.1) is 0 Å². The number of hydrogen-bond donors (Lipinski definition) is 1. The highest BCUT2D eigenvalue weighted by molar-refractivity contribution is 6.04. The first-order chi connectivity index (χ1) is 10.5. The van der Waals surface area contributed by atoms with Gasteiger partial charge in [-0.05, 0) is 25.5 Å². The van der Waals surface area contributed by atoms with Crippen molar-refractivity contribution in [2.45, 2.75) is 26.4 Å². The summed E-state index contributed by atoms with van der Waals surface area (Å²) in [5, 5.41) is 0. The first kappa shape index (κ1) is 15.8. The minimum absolute atomic E-state index is 0.283. The molecule has 2 amide bonds. The van der Waals surface area contributed by atoms with Crippen LogP contribution in [0.2, 0.25) is 0 Å². The highest BCUT2D eigenvalue weighted by Crippen LogP contribution is 2.42. The second kappa shape index (κ2) is 6.46. The Hall–Kier alpha value is -2.57. The van der Waals surface area contributed by atoms with Crippen LogP contribution in [0.1, 0.15) is 30.6 Å². The van der Waals surface area contributed by atoms with Gasteiger partial charge in [-0.15, -0.1) is 0 Å². The number of aldehydes is 1. The summed E-state index contributed by atoms with van der Waals surface area (Å²) >= 11 is 0. The molecule has 2 rings (SSSR count). The van der Waals surface area contributed by atoms with Crippen molar-refractivity contribution < 1.29 is 23.9 Å². The largest absolute Gasteiger partial charge is 0.490 e. The predicted molar refractivity (Wildman–Crippen MR) is 79.3 cm³/mol.